The van der Waals surface area contributed by atoms with Gasteiger partial charge in [-0.15, -0.1) is 11.8 Å². The lowest BCUT2D eigenvalue weighted by molar-refractivity contribution is 0.207. The van der Waals surface area contributed by atoms with Crippen molar-refractivity contribution in [2.24, 2.45) is 0 Å². The Morgan fingerprint density at radius 3 is 2.86 bits per heavy atom. The molecule has 0 saturated carbocycles. The molecule has 2 aromatic rings. The molecule has 3 heteroatoms. The number of rotatable bonds is 0. The molecular weight excluding hydrogens is 280 g/mol. The second kappa shape index (κ2) is 5.39. The second-order valence-corrected chi connectivity index (χ2v) is 6.68. The van der Waals surface area contributed by atoms with Crippen molar-refractivity contribution in [3.63, 3.8) is 0 Å². The van der Waals surface area contributed by atoms with E-state index in [1.54, 1.807) is 11.8 Å². The molecule has 108 valence electrons. The van der Waals surface area contributed by atoms with Gasteiger partial charge in [0.1, 0.15) is 11.9 Å². The SMILES string of the molecule is OC1c2ccccc2SCc2ccc3c(c21)OCCCC3. The lowest BCUT2D eigenvalue weighted by atomic mass is 9.93. The molecule has 4 rings (SSSR count). The van der Waals surface area contributed by atoms with Crippen LogP contribution < -0.4 is 4.74 Å². The van der Waals surface area contributed by atoms with Crippen LogP contribution in [0.1, 0.15) is 41.2 Å². The number of hydrogen-bond donors (Lipinski definition) is 1. The fourth-order valence-electron chi connectivity index (χ4n) is 3.22. The van der Waals surface area contributed by atoms with E-state index in [2.05, 4.69) is 18.2 Å². The highest BCUT2D eigenvalue weighted by atomic mass is 32.2. The fraction of sp³-hybridized carbons (Fsp3) is 0.333. The van der Waals surface area contributed by atoms with Crippen LogP contribution in [-0.4, -0.2) is 11.7 Å². The van der Waals surface area contributed by atoms with E-state index in [1.165, 1.54) is 16.0 Å². The molecule has 2 aliphatic heterocycles. The molecule has 2 aromatic carbocycles. The fourth-order valence-corrected chi connectivity index (χ4v) is 4.30. The minimum absolute atomic E-state index is 0.584. The summed E-state index contributed by atoms with van der Waals surface area (Å²) in [7, 11) is 0. The molecular formula is C18H18O2S. The molecule has 2 heterocycles. The number of aliphatic hydroxyl groups is 1. The lowest BCUT2D eigenvalue weighted by Crippen LogP contribution is -2.07. The maximum atomic E-state index is 10.9. The lowest BCUT2D eigenvalue weighted by Gasteiger charge is -2.20. The van der Waals surface area contributed by atoms with Crippen LogP contribution in [0.15, 0.2) is 41.3 Å². The molecule has 21 heavy (non-hydrogen) atoms. The topological polar surface area (TPSA) is 29.5 Å². The van der Waals surface area contributed by atoms with Gasteiger partial charge in [-0.05, 0) is 42.0 Å². The van der Waals surface area contributed by atoms with Crippen molar-refractivity contribution >= 4 is 11.8 Å². The summed E-state index contributed by atoms with van der Waals surface area (Å²) in [6.45, 7) is 0.755. The van der Waals surface area contributed by atoms with Crippen molar-refractivity contribution in [2.45, 2.75) is 36.0 Å². The summed E-state index contributed by atoms with van der Waals surface area (Å²) < 4.78 is 6.02. The van der Waals surface area contributed by atoms with Crippen LogP contribution in [0.4, 0.5) is 0 Å². The second-order valence-electron chi connectivity index (χ2n) is 5.66. The van der Waals surface area contributed by atoms with Crippen LogP contribution in [0.5, 0.6) is 5.75 Å². The molecule has 0 spiro atoms. The third-order valence-corrected chi connectivity index (χ3v) is 5.46. The molecule has 0 fully saturated rings. The van der Waals surface area contributed by atoms with Crippen molar-refractivity contribution in [1.82, 2.24) is 0 Å². The zero-order chi connectivity index (χ0) is 14.2. The zero-order valence-corrected chi connectivity index (χ0v) is 12.7. The van der Waals surface area contributed by atoms with E-state index >= 15 is 0 Å². The number of aliphatic hydroxyl groups excluding tert-OH is 1. The molecule has 2 aliphatic rings. The molecule has 0 amide bonds. The van der Waals surface area contributed by atoms with Crippen molar-refractivity contribution < 1.29 is 9.84 Å². The van der Waals surface area contributed by atoms with Crippen molar-refractivity contribution in [2.75, 3.05) is 6.61 Å². The number of fused-ring (bicyclic) bond motifs is 4. The van der Waals surface area contributed by atoms with Crippen LogP contribution in [0.2, 0.25) is 0 Å². The van der Waals surface area contributed by atoms with Gasteiger partial charge in [0.25, 0.3) is 0 Å². The summed E-state index contributed by atoms with van der Waals surface area (Å²) >= 11 is 1.80. The summed E-state index contributed by atoms with van der Waals surface area (Å²) in [4.78, 5) is 1.17. The summed E-state index contributed by atoms with van der Waals surface area (Å²) in [5.41, 5.74) is 4.44. The third-order valence-electron chi connectivity index (χ3n) is 4.32. The van der Waals surface area contributed by atoms with Gasteiger partial charge in [0.15, 0.2) is 0 Å². The molecule has 0 radical (unpaired) electrons. The summed E-state index contributed by atoms with van der Waals surface area (Å²) in [5.74, 6) is 1.83. The Bertz CT molecular complexity index is 681. The zero-order valence-electron chi connectivity index (χ0n) is 11.8. The molecule has 1 atom stereocenters. The Balaban J connectivity index is 1.90. The predicted octanol–water partition coefficient (Wildman–Crippen LogP) is 4.09. The quantitative estimate of drug-likeness (QED) is 0.794. The van der Waals surface area contributed by atoms with E-state index in [9.17, 15) is 5.11 Å². The van der Waals surface area contributed by atoms with Crippen LogP contribution in [-0.2, 0) is 12.2 Å². The van der Waals surface area contributed by atoms with Crippen LogP contribution in [0.3, 0.4) is 0 Å². The van der Waals surface area contributed by atoms with Crippen molar-refractivity contribution in [1.29, 1.82) is 0 Å². The maximum absolute atomic E-state index is 10.9. The normalized spacial score (nSPS) is 20.3. The van der Waals surface area contributed by atoms with Gasteiger partial charge in [-0.1, -0.05) is 30.3 Å². The van der Waals surface area contributed by atoms with E-state index in [1.807, 2.05) is 18.2 Å². The first-order valence-corrected chi connectivity index (χ1v) is 8.50. The van der Waals surface area contributed by atoms with E-state index in [0.717, 1.165) is 48.5 Å². The van der Waals surface area contributed by atoms with Crippen LogP contribution >= 0.6 is 11.8 Å². The minimum Gasteiger partial charge on any atom is -0.493 e. The maximum Gasteiger partial charge on any atom is 0.128 e. The molecule has 2 nitrogen and oxygen atoms in total. The third kappa shape index (κ3) is 2.25. The van der Waals surface area contributed by atoms with Gasteiger partial charge in [-0.3, -0.25) is 0 Å². The van der Waals surface area contributed by atoms with E-state index in [-0.39, 0.29) is 0 Å². The molecule has 1 N–H and O–H groups in total. The number of thioether (sulfide) groups is 1. The van der Waals surface area contributed by atoms with Gasteiger partial charge in [0, 0.05) is 16.2 Å². The standard InChI is InChI=1S/C18H18O2S/c19-17-14-6-1-2-7-15(14)21-11-13-9-8-12-5-3-4-10-20-18(12)16(13)17/h1-2,6-9,17,19H,3-5,10-11H2. The van der Waals surface area contributed by atoms with Gasteiger partial charge < -0.3 is 9.84 Å². The summed E-state index contributed by atoms with van der Waals surface area (Å²) in [6, 6.07) is 12.5. The number of benzene rings is 2. The molecule has 0 saturated heterocycles. The molecule has 0 aromatic heterocycles. The molecule has 0 bridgehead atoms. The summed E-state index contributed by atoms with van der Waals surface area (Å²) in [6.07, 6.45) is 2.71. The Morgan fingerprint density at radius 1 is 1.05 bits per heavy atom. The van der Waals surface area contributed by atoms with Crippen LogP contribution in [0, 0.1) is 0 Å². The predicted molar refractivity (Wildman–Crippen MR) is 84.9 cm³/mol. The van der Waals surface area contributed by atoms with Gasteiger partial charge in [-0.2, -0.15) is 0 Å². The minimum atomic E-state index is -0.584. The number of aryl methyl sites for hydroxylation is 1. The monoisotopic (exact) mass is 298 g/mol. The first-order chi connectivity index (χ1) is 10.3. The smallest absolute Gasteiger partial charge is 0.128 e. The average Bonchev–Trinajstić information content (AvgIpc) is 2.83. The van der Waals surface area contributed by atoms with Crippen LogP contribution in [0.25, 0.3) is 0 Å². The summed E-state index contributed by atoms with van der Waals surface area (Å²) in [5, 5.41) is 10.9. The van der Waals surface area contributed by atoms with Gasteiger partial charge in [0.2, 0.25) is 0 Å². The van der Waals surface area contributed by atoms with E-state index < -0.39 is 6.10 Å². The van der Waals surface area contributed by atoms with Crippen molar-refractivity contribution in [3.05, 3.63) is 58.7 Å². The Labute approximate surface area is 129 Å². The Hall–Kier alpha value is -1.45. The van der Waals surface area contributed by atoms with Gasteiger partial charge in [-0.25, -0.2) is 0 Å². The van der Waals surface area contributed by atoms with Crippen molar-refractivity contribution in [3.8, 4) is 5.75 Å². The van der Waals surface area contributed by atoms with E-state index in [4.69, 9.17) is 4.74 Å². The highest BCUT2D eigenvalue weighted by molar-refractivity contribution is 7.98. The van der Waals surface area contributed by atoms with Gasteiger partial charge >= 0.3 is 0 Å². The number of hydrogen-bond acceptors (Lipinski definition) is 3. The largest absolute Gasteiger partial charge is 0.493 e. The molecule has 0 aliphatic carbocycles. The first-order valence-electron chi connectivity index (χ1n) is 7.52. The highest BCUT2D eigenvalue weighted by Crippen LogP contribution is 2.44. The Morgan fingerprint density at radius 2 is 1.90 bits per heavy atom. The highest BCUT2D eigenvalue weighted by Gasteiger charge is 2.27. The number of ether oxygens (including phenoxy) is 1. The average molecular weight is 298 g/mol. The van der Waals surface area contributed by atoms with Gasteiger partial charge in [0.05, 0.1) is 6.61 Å². The molecule has 1 unspecified atom stereocenters. The Kier molecular flexibility index (Phi) is 3.40. The van der Waals surface area contributed by atoms with E-state index in [0.29, 0.717) is 0 Å². The first kappa shape index (κ1) is 13.2.